The number of amides is 1. The van der Waals surface area contributed by atoms with E-state index in [9.17, 15) is 9.59 Å². The van der Waals surface area contributed by atoms with Crippen molar-refractivity contribution < 1.29 is 4.79 Å². The topological polar surface area (TPSA) is 79.8 Å². The SMILES string of the molecule is Cc1ccc(CC(=O)NCCCCn2c(=O)c3c(C)[nH]nc3c3ccccc32)cc1. The molecule has 154 valence electrons. The fraction of sp³-hybridized carbons (Fsp3) is 0.292. The van der Waals surface area contributed by atoms with Crippen LogP contribution in [-0.2, 0) is 17.8 Å². The summed E-state index contributed by atoms with van der Waals surface area (Å²) in [5, 5.41) is 11.9. The molecule has 0 aliphatic rings. The summed E-state index contributed by atoms with van der Waals surface area (Å²) in [5.41, 5.74) is 4.60. The normalized spacial score (nSPS) is 11.3. The molecule has 1 amide bonds. The summed E-state index contributed by atoms with van der Waals surface area (Å²) in [6, 6.07) is 15.9. The van der Waals surface area contributed by atoms with Crippen LogP contribution >= 0.6 is 0 Å². The fourth-order valence-corrected chi connectivity index (χ4v) is 3.84. The standard InChI is InChI=1S/C24H26N4O2/c1-16-9-11-18(12-10-16)15-21(29)25-13-5-6-14-28-20-8-4-3-7-19(20)23-22(24(28)30)17(2)26-27-23/h3-4,7-12H,5-6,13-15H2,1-2H3,(H,25,29)(H,26,27). The average molecular weight is 402 g/mol. The average Bonchev–Trinajstić information content (AvgIpc) is 3.13. The molecule has 0 unspecified atom stereocenters. The Hall–Kier alpha value is -3.41. The summed E-state index contributed by atoms with van der Waals surface area (Å²) in [7, 11) is 0. The molecule has 4 rings (SSSR count). The lowest BCUT2D eigenvalue weighted by Gasteiger charge is -2.11. The summed E-state index contributed by atoms with van der Waals surface area (Å²) in [4.78, 5) is 25.2. The maximum absolute atomic E-state index is 13.1. The Bertz CT molecular complexity index is 1250. The molecular weight excluding hydrogens is 376 g/mol. The zero-order chi connectivity index (χ0) is 21.1. The first-order valence-electron chi connectivity index (χ1n) is 10.3. The number of pyridine rings is 1. The predicted octanol–water partition coefficient (Wildman–Crippen LogP) is 3.63. The van der Waals surface area contributed by atoms with E-state index in [0.29, 0.717) is 24.9 Å². The molecule has 0 atom stereocenters. The van der Waals surface area contributed by atoms with Crippen molar-refractivity contribution >= 4 is 27.7 Å². The number of para-hydroxylation sites is 1. The Balaban J connectivity index is 1.38. The van der Waals surface area contributed by atoms with Gasteiger partial charge in [0.1, 0.15) is 5.52 Å². The van der Waals surface area contributed by atoms with E-state index >= 15 is 0 Å². The number of hydrogen-bond acceptors (Lipinski definition) is 3. The highest BCUT2D eigenvalue weighted by Gasteiger charge is 2.14. The van der Waals surface area contributed by atoms with Crippen molar-refractivity contribution in [3.63, 3.8) is 0 Å². The predicted molar refractivity (Wildman–Crippen MR) is 120 cm³/mol. The van der Waals surface area contributed by atoms with Gasteiger partial charge < -0.3 is 9.88 Å². The number of carbonyl (C=O) groups is 1. The lowest BCUT2D eigenvalue weighted by molar-refractivity contribution is -0.120. The van der Waals surface area contributed by atoms with Crippen LogP contribution in [0.4, 0.5) is 0 Å². The van der Waals surface area contributed by atoms with Gasteiger partial charge in [-0.1, -0.05) is 48.0 Å². The van der Waals surface area contributed by atoms with Crippen LogP contribution in [0.25, 0.3) is 21.8 Å². The van der Waals surface area contributed by atoms with Gasteiger partial charge in [-0.05, 0) is 38.3 Å². The highest BCUT2D eigenvalue weighted by molar-refractivity contribution is 6.03. The van der Waals surface area contributed by atoms with E-state index in [-0.39, 0.29) is 11.5 Å². The Morgan fingerprint density at radius 2 is 1.83 bits per heavy atom. The zero-order valence-corrected chi connectivity index (χ0v) is 17.4. The van der Waals surface area contributed by atoms with E-state index in [2.05, 4.69) is 15.5 Å². The largest absolute Gasteiger partial charge is 0.356 e. The summed E-state index contributed by atoms with van der Waals surface area (Å²) in [6.07, 6.45) is 2.00. The molecule has 0 saturated heterocycles. The second-order valence-electron chi connectivity index (χ2n) is 7.77. The van der Waals surface area contributed by atoms with E-state index in [0.717, 1.165) is 40.5 Å². The molecule has 6 heteroatoms. The maximum Gasteiger partial charge on any atom is 0.262 e. The highest BCUT2D eigenvalue weighted by Crippen LogP contribution is 2.22. The number of nitrogens with zero attached hydrogens (tertiary/aromatic N) is 2. The van der Waals surface area contributed by atoms with Crippen LogP contribution in [0.5, 0.6) is 0 Å². The van der Waals surface area contributed by atoms with Gasteiger partial charge in [0.2, 0.25) is 5.91 Å². The summed E-state index contributed by atoms with van der Waals surface area (Å²) >= 11 is 0. The minimum absolute atomic E-state index is 0.0154. The van der Waals surface area contributed by atoms with Gasteiger partial charge in [-0.2, -0.15) is 5.10 Å². The van der Waals surface area contributed by atoms with Crippen LogP contribution in [0.1, 0.15) is 29.7 Å². The first-order valence-corrected chi connectivity index (χ1v) is 10.3. The number of aromatic nitrogens is 3. The second kappa shape index (κ2) is 8.53. The van der Waals surface area contributed by atoms with Gasteiger partial charge in [-0.3, -0.25) is 14.7 Å². The lowest BCUT2D eigenvalue weighted by Crippen LogP contribution is -2.27. The Morgan fingerprint density at radius 1 is 1.07 bits per heavy atom. The Labute approximate surface area is 174 Å². The molecule has 2 aromatic carbocycles. The van der Waals surface area contributed by atoms with Gasteiger partial charge in [-0.15, -0.1) is 0 Å². The fourth-order valence-electron chi connectivity index (χ4n) is 3.84. The van der Waals surface area contributed by atoms with Crippen molar-refractivity contribution in [1.29, 1.82) is 0 Å². The molecule has 0 aliphatic carbocycles. The number of aromatic amines is 1. The first-order chi connectivity index (χ1) is 14.5. The lowest BCUT2D eigenvalue weighted by atomic mass is 10.1. The first kappa shape index (κ1) is 19.9. The third kappa shape index (κ3) is 3.99. The smallest absolute Gasteiger partial charge is 0.262 e. The molecule has 0 spiro atoms. The van der Waals surface area contributed by atoms with Gasteiger partial charge in [0.25, 0.3) is 5.56 Å². The summed E-state index contributed by atoms with van der Waals surface area (Å²) in [6.45, 7) is 5.11. The van der Waals surface area contributed by atoms with Crippen LogP contribution in [0.15, 0.2) is 53.3 Å². The molecule has 30 heavy (non-hydrogen) atoms. The molecule has 0 bridgehead atoms. The number of benzene rings is 2. The highest BCUT2D eigenvalue weighted by atomic mass is 16.1. The molecular formula is C24H26N4O2. The third-order valence-electron chi connectivity index (χ3n) is 5.47. The van der Waals surface area contributed by atoms with Gasteiger partial charge in [0, 0.05) is 24.2 Å². The number of H-pyrrole nitrogens is 1. The van der Waals surface area contributed by atoms with Crippen molar-refractivity contribution in [2.75, 3.05) is 6.54 Å². The van der Waals surface area contributed by atoms with E-state index in [1.807, 2.05) is 66.9 Å². The molecule has 0 fully saturated rings. The minimum Gasteiger partial charge on any atom is -0.356 e. The van der Waals surface area contributed by atoms with E-state index in [4.69, 9.17) is 0 Å². The third-order valence-corrected chi connectivity index (χ3v) is 5.47. The quantitative estimate of drug-likeness (QED) is 0.463. The zero-order valence-electron chi connectivity index (χ0n) is 17.4. The Kier molecular flexibility index (Phi) is 5.65. The van der Waals surface area contributed by atoms with Crippen LogP contribution in [-0.4, -0.2) is 27.2 Å². The molecule has 6 nitrogen and oxygen atoms in total. The second-order valence-corrected chi connectivity index (χ2v) is 7.77. The molecule has 0 radical (unpaired) electrons. The molecule has 2 aromatic heterocycles. The van der Waals surface area contributed by atoms with Crippen molar-refractivity contribution in [3.05, 3.63) is 75.7 Å². The van der Waals surface area contributed by atoms with E-state index < -0.39 is 0 Å². The molecule has 0 saturated carbocycles. The monoisotopic (exact) mass is 402 g/mol. The molecule has 2 heterocycles. The number of nitrogens with one attached hydrogen (secondary N) is 2. The Morgan fingerprint density at radius 3 is 2.63 bits per heavy atom. The molecule has 0 aliphatic heterocycles. The van der Waals surface area contributed by atoms with Gasteiger partial charge >= 0.3 is 0 Å². The van der Waals surface area contributed by atoms with Crippen molar-refractivity contribution in [3.8, 4) is 0 Å². The summed E-state index contributed by atoms with van der Waals surface area (Å²) < 4.78 is 1.83. The number of rotatable bonds is 7. The minimum atomic E-state index is -0.0154. The number of carbonyl (C=O) groups excluding carboxylic acids is 1. The van der Waals surface area contributed by atoms with Crippen LogP contribution in [0.3, 0.4) is 0 Å². The van der Waals surface area contributed by atoms with Gasteiger partial charge in [0.15, 0.2) is 0 Å². The van der Waals surface area contributed by atoms with Crippen LogP contribution in [0.2, 0.25) is 0 Å². The van der Waals surface area contributed by atoms with Crippen molar-refractivity contribution in [2.45, 2.75) is 39.7 Å². The van der Waals surface area contributed by atoms with E-state index in [1.54, 1.807) is 0 Å². The molecule has 2 N–H and O–H groups in total. The number of unbranched alkanes of at least 4 members (excludes halogenated alkanes) is 1. The number of aryl methyl sites for hydroxylation is 3. The molecule has 4 aromatic rings. The van der Waals surface area contributed by atoms with Crippen molar-refractivity contribution in [2.24, 2.45) is 0 Å². The number of fused-ring (bicyclic) bond motifs is 3. The van der Waals surface area contributed by atoms with E-state index in [1.165, 1.54) is 5.56 Å². The van der Waals surface area contributed by atoms with Crippen molar-refractivity contribution in [1.82, 2.24) is 20.1 Å². The summed E-state index contributed by atoms with van der Waals surface area (Å²) in [5.74, 6) is 0.0249. The van der Waals surface area contributed by atoms with Crippen LogP contribution < -0.4 is 10.9 Å². The van der Waals surface area contributed by atoms with Crippen LogP contribution in [0, 0.1) is 13.8 Å². The maximum atomic E-state index is 13.1. The van der Waals surface area contributed by atoms with Gasteiger partial charge in [0.05, 0.1) is 17.3 Å². The van der Waals surface area contributed by atoms with Gasteiger partial charge in [-0.25, -0.2) is 0 Å². The number of hydrogen-bond donors (Lipinski definition) is 2.